The van der Waals surface area contributed by atoms with Gasteiger partial charge in [0.2, 0.25) is 5.91 Å². The lowest BCUT2D eigenvalue weighted by Gasteiger charge is -2.23. The maximum Gasteiger partial charge on any atom is 0.310 e. The lowest BCUT2D eigenvalue weighted by Crippen LogP contribution is -2.41. The van der Waals surface area contributed by atoms with Crippen LogP contribution in [0, 0.1) is 22.0 Å². The van der Waals surface area contributed by atoms with Crippen LogP contribution in [0.4, 0.5) is 16.4 Å². The van der Waals surface area contributed by atoms with Gasteiger partial charge in [-0.05, 0) is 36.4 Å². The molecule has 0 unspecified atom stereocenters. The largest absolute Gasteiger partial charge is 0.481 e. The van der Waals surface area contributed by atoms with Crippen LogP contribution in [0.1, 0.15) is 23.2 Å². The standard InChI is InChI=1S/C19H17N3O7S/c23-16(20-9-1-3-10(4-2-9)22(27)28)11-7-8-30-18(11)21-17(24)14-12-5-6-13(29-12)15(14)19(25)26/h1-4,7-8,12-15H,5-6H2,(H,20,23)(H,21,24)(H,25,26)/t12-,13-,14+,15+/m1/s1. The molecule has 0 aliphatic carbocycles. The summed E-state index contributed by atoms with van der Waals surface area (Å²) in [4.78, 5) is 47.2. The van der Waals surface area contributed by atoms with Gasteiger partial charge in [0.05, 0.1) is 34.5 Å². The first-order valence-corrected chi connectivity index (χ1v) is 10.1. The van der Waals surface area contributed by atoms with E-state index < -0.39 is 46.8 Å². The van der Waals surface area contributed by atoms with E-state index in [0.717, 1.165) is 11.3 Å². The normalized spacial score (nSPS) is 24.4. The number of ether oxygens (including phenoxy) is 1. The van der Waals surface area contributed by atoms with Gasteiger partial charge in [-0.15, -0.1) is 11.3 Å². The smallest absolute Gasteiger partial charge is 0.310 e. The molecule has 2 saturated heterocycles. The molecule has 2 aliphatic heterocycles. The topological polar surface area (TPSA) is 148 Å². The minimum atomic E-state index is -1.07. The first-order chi connectivity index (χ1) is 14.3. The number of carboxylic acid groups (broad SMARTS) is 1. The van der Waals surface area contributed by atoms with Crippen LogP contribution >= 0.6 is 11.3 Å². The van der Waals surface area contributed by atoms with Crippen LogP contribution in [0.25, 0.3) is 0 Å². The van der Waals surface area contributed by atoms with Gasteiger partial charge in [0, 0.05) is 17.8 Å². The fourth-order valence-corrected chi connectivity index (χ4v) is 4.76. The number of hydrogen-bond donors (Lipinski definition) is 3. The van der Waals surface area contributed by atoms with Gasteiger partial charge in [0.25, 0.3) is 11.6 Å². The molecule has 3 N–H and O–H groups in total. The Bertz CT molecular complexity index is 1020. The first kappa shape index (κ1) is 20.0. The van der Waals surface area contributed by atoms with E-state index in [1.54, 1.807) is 5.38 Å². The number of fused-ring (bicyclic) bond motifs is 2. The van der Waals surface area contributed by atoms with Gasteiger partial charge in [-0.1, -0.05) is 0 Å². The number of thiophene rings is 1. The molecule has 2 bridgehead atoms. The van der Waals surface area contributed by atoms with Crippen molar-refractivity contribution in [3.8, 4) is 0 Å². The summed E-state index contributed by atoms with van der Waals surface area (Å²) in [5.41, 5.74) is 0.474. The number of rotatable bonds is 6. The Morgan fingerprint density at radius 3 is 2.37 bits per heavy atom. The lowest BCUT2D eigenvalue weighted by molar-refractivity contribution is -0.384. The van der Waals surface area contributed by atoms with E-state index in [-0.39, 0.29) is 11.3 Å². The summed E-state index contributed by atoms with van der Waals surface area (Å²) in [5, 5.41) is 27.4. The molecule has 3 heterocycles. The van der Waals surface area contributed by atoms with E-state index in [9.17, 15) is 29.6 Å². The monoisotopic (exact) mass is 431 g/mol. The molecule has 2 fully saturated rings. The summed E-state index contributed by atoms with van der Waals surface area (Å²) in [6.07, 6.45) is 0.350. The van der Waals surface area contributed by atoms with Crippen molar-refractivity contribution < 1.29 is 29.2 Å². The molecule has 4 atom stereocenters. The number of aliphatic carboxylic acids is 1. The van der Waals surface area contributed by atoms with Crippen LogP contribution in [0.2, 0.25) is 0 Å². The van der Waals surface area contributed by atoms with E-state index in [1.165, 1.54) is 30.3 Å². The van der Waals surface area contributed by atoms with Crippen LogP contribution in [0.5, 0.6) is 0 Å². The average molecular weight is 431 g/mol. The van der Waals surface area contributed by atoms with E-state index in [2.05, 4.69) is 10.6 Å². The number of nitrogens with one attached hydrogen (secondary N) is 2. The van der Waals surface area contributed by atoms with E-state index in [4.69, 9.17) is 4.74 Å². The molecule has 2 amide bonds. The lowest BCUT2D eigenvalue weighted by atomic mass is 9.79. The zero-order valence-corrected chi connectivity index (χ0v) is 16.3. The first-order valence-electron chi connectivity index (χ1n) is 9.17. The number of nitro benzene ring substituents is 1. The maximum atomic E-state index is 12.8. The van der Waals surface area contributed by atoms with Gasteiger partial charge in [0.15, 0.2) is 0 Å². The molecule has 0 spiro atoms. The number of non-ortho nitro benzene ring substituents is 1. The highest BCUT2D eigenvalue weighted by atomic mass is 32.1. The Hall–Kier alpha value is -3.31. The average Bonchev–Trinajstić information content (AvgIpc) is 3.43. The Balaban J connectivity index is 1.46. The summed E-state index contributed by atoms with van der Waals surface area (Å²) >= 11 is 1.14. The van der Waals surface area contributed by atoms with Gasteiger partial charge < -0.3 is 20.5 Å². The Morgan fingerprint density at radius 2 is 1.73 bits per heavy atom. The second-order valence-electron chi connectivity index (χ2n) is 7.09. The summed E-state index contributed by atoms with van der Waals surface area (Å²) < 4.78 is 5.62. The van der Waals surface area contributed by atoms with Crippen molar-refractivity contribution >= 4 is 45.5 Å². The molecule has 2 aromatic rings. The van der Waals surface area contributed by atoms with Crippen LogP contribution in [-0.2, 0) is 14.3 Å². The molecule has 30 heavy (non-hydrogen) atoms. The maximum absolute atomic E-state index is 12.8. The zero-order chi connectivity index (χ0) is 21.4. The number of nitro groups is 1. The Labute approximate surface area is 174 Å². The van der Waals surface area contributed by atoms with Crippen LogP contribution in [-0.4, -0.2) is 40.0 Å². The Kier molecular flexibility index (Phi) is 5.22. The predicted molar refractivity (Wildman–Crippen MR) is 107 cm³/mol. The van der Waals surface area contributed by atoms with Crippen molar-refractivity contribution in [1.82, 2.24) is 0 Å². The van der Waals surface area contributed by atoms with Crippen molar-refractivity contribution in [2.75, 3.05) is 10.6 Å². The molecule has 156 valence electrons. The predicted octanol–water partition coefficient (Wildman–Crippen LogP) is 2.73. The van der Waals surface area contributed by atoms with Gasteiger partial charge >= 0.3 is 5.97 Å². The molecular formula is C19H17N3O7S. The molecule has 10 nitrogen and oxygen atoms in total. The molecule has 1 aromatic heterocycles. The molecule has 1 aromatic carbocycles. The number of amides is 2. The number of carbonyl (C=O) groups is 3. The summed E-state index contributed by atoms with van der Waals surface area (Å²) in [7, 11) is 0. The molecule has 4 rings (SSSR count). The van der Waals surface area contributed by atoms with E-state index in [0.29, 0.717) is 23.5 Å². The molecule has 0 saturated carbocycles. The Morgan fingerprint density at radius 1 is 1.07 bits per heavy atom. The number of anilines is 2. The third-order valence-electron chi connectivity index (χ3n) is 5.34. The van der Waals surface area contributed by atoms with Crippen molar-refractivity contribution in [2.24, 2.45) is 11.8 Å². The number of benzene rings is 1. The molecular weight excluding hydrogens is 414 g/mol. The zero-order valence-electron chi connectivity index (χ0n) is 15.4. The third kappa shape index (κ3) is 3.64. The van der Waals surface area contributed by atoms with E-state index >= 15 is 0 Å². The minimum absolute atomic E-state index is 0.0995. The van der Waals surface area contributed by atoms with Gasteiger partial charge in [-0.3, -0.25) is 24.5 Å². The molecule has 2 aliphatic rings. The fourth-order valence-electron chi connectivity index (χ4n) is 3.97. The second-order valence-corrected chi connectivity index (χ2v) is 8.01. The van der Waals surface area contributed by atoms with Gasteiger partial charge in [0.1, 0.15) is 5.00 Å². The van der Waals surface area contributed by atoms with Crippen molar-refractivity contribution in [2.45, 2.75) is 25.0 Å². The number of carboxylic acids is 1. The number of nitrogens with zero attached hydrogens (tertiary/aromatic N) is 1. The second kappa shape index (κ2) is 7.84. The van der Waals surface area contributed by atoms with Gasteiger partial charge in [-0.25, -0.2) is 0 Å². The van der Waals surface area contributed by atoms with Gasteiger partial charge in [-0.2, -0.15) is 0 Å². The van der Waals surface area contributed by atoms with Crippen LogP contribution in [0.15, 0.2) is 35.7 Å². The quantitative estimate of drug-likeness (QED) is 0.470. The highest BCUT2D eigenvalue weighted by Gasteiger charge is 2.55. The third-order valence-corrected chi connectivity index (χ3v) is 6.17. The summed E-state index contributed by atoms with van der Waals surface area (Å²) in [5.74, 6) is -3.76. The van der Waals surface area contributed by atoms with Crippen LogP contribution in [0.3, 0.4) is 0 Å². The highest BCUT2D eigenvalue weighted by molar-refractivity contribution is 7.14. The summed E-state index contributed by atoms with van der Waals surface area (Å²) in [6.45, 7) is 0. The van der Waals surface area contributed by atoms with Crippen molar-refractivity contribution in [3.63, 3.8) is 0 Å². The van der Waals surface area contributed by atoms with Crippen molar-refractivity contribution in [1.29, 1.82) is 0 Å². The fraction of sp³-hybridized carbons (Fsp3) is 0.316. The number of carbonyl (C=O) groups excluding carboxylic acids is 2. The summed E-state index contributed by atoms with van der Waals surface area (Å²) in [6, 6.07) is 6.89. The molecule has 0 radical (unpaired) electrons. The van der Waals surface area contributed by atoms with E-state index in [1.807, 2.05) is 0 Å². The molecule has 11 heteroatoms. The van der Waals surface area contributed by atoms with Crippen molar-refractivity contribution in [3.05, 3.63) is 51.4 Å². The SMILES string of the molecule is O=C(Nc1ccc([N+](=O)[O-])cc1)c1ccsc1NC(=O)[C@@H]1[C@@H](C(=O)O)[C@H]2CC[C@H]1O2. The minimum Gasteiger partial charge on any atom is -0.481 e. The van der Waals surface area contributed by atoms with Crippen LogP contribution < -0.4 is 10.6 Å². The highest BCUT2D eigenvalue weighted by Crippen LogP contribution is 2.44. The number of hydrogen-bond acceptors (Lipinski definition) is 7.